The number of anilines is 1. The van der Waals surface area contributed by atoms with Gasteiger partial charge < -0.3 is 9.80 Å². The van der Waals surface area contributed by atoms with Crippen LogP contribution in [0.25, 0.3) is 0 Å². The number of hydrogen-bond acceptors (Lipinski definition) is 5. The van der Waals surface area contributed by atoms with Gasteiger partial charge in [-0.25, -0.2) is 9.97 Å². The molecule has 0 spiro atoms. The zero-order valence-corrected chi connectivity index (χ0v) is 15.0. The molecule has 1 aromatic carbocycles. The Morgan fingerprint density at radius 1 is 1.19 bits per heavy atom. The predicted octanol–water partition coefficient (Wildman–Crippen LogP) is 2.39. The van der Waals surface area contributed by atoms with Gasteiger partial charge in [0.25, 0.3) is 0 Å². The van der Waals surface area contributed by atoms with Crippen molar-refractivity contribution >= 4 is 29.1 Å². The van der Waals surface area contributed by atoms with E-state index in [-0.39, 0.29) is 18.1 Å². The fourth-order valence-corrected chi connectivity index (χ4v) is 3.23. The number of rotatable bonds is 5. The third-order valence-corrected chi connectivity index (χ3v) is 4.68. The van der Waals surface area contributed by atoms with Gasteiger partial charge in [-0.2, -0.15) is 0 Å². The summed E-state index contributed by atoms with van der Waals surface area (Å²) >= 11 is 6.13. The first-order valence-electron chi connectivity index (χ1n) is 8.33. The van der Waals surface area contributed by atoms with Crippen molar-refractivity contribution < 1.29 is 9.59 Å². The topological polar surface area (TPSA) is 66.4 Å². The minimum absolute atomic E-state index is 0.0681. The molecule has 1 fully saturated rings. The molecule has 0 unspecified atom stereocenters. The second kappa shape index (κ2) is 8.10. The van der Waals surface area contributed by atoms with Crippen LogP contribution in [0, 0.1) is 0 Å². The van der Waals surface area contributed by atoms with Crippen LogP contribution < -0.4 is 4.90 Å². The van der Waals surface area contributed by atoms with E-state index in [9.17, 15) is 9.59 Å². The quantitative estimate of drug-likeness (QED) is 0.597. The summed E-state index contributed by atoms with van der Waals surface area (Å²) in [4.78, 5) is 36.6. The number of hydrogen-bond donors (Lipinski definition) is 0. The van der Waals surface area contributed by atoms with E-state index in [1.165, 1.54) is 12.4 Å². The summed E-state index contributed by atoms with van der Waals surface area (Å²) in [7, 11) is 0. The van der Waals surface area contributed by atoms with Crippen LogP contribution in [-0.4, -0.2) is 52.7 Å². The normalized spacial score (nSPS) is 14.2. The molecule has 0 N–H and O–H groups in total. The molecule has 134 valence electrons. The van der Waals surface area contributed by atoms with Crippen molar-refractivity contribution in [3.8, 4) is 0 Å². The van der Waals surface area contributed by atoms with Crippen molar-refractivity contribution in [2.45, 2.75) is 6.42 Å². The van der Waals surface area contributed by atoms with Gasteiger partial charge in [-0.05, 0) is 18.2 Å². The minimum atomic E-state index is -0.0767. The number of piperazine rings is 1. The van der Waals surface area contributed by atoms with Gasteiger partial charge >= 0.3 is 0 Å². The van der Waals surface area contributed by atoms with Gasteiger partial charge in [-0.15, -0.1) is 0 Å². The Kier molecular flexibility index (Phi) is 5.63. The van der Waals surface area contributed by atoms with E-state index < -0.39 is 0 Å². The van der Waals surface area contributed by atoms with E-state index in [4.69, 9.17) is 11.6 Å². The Bertz CT molecular complexity index is 832. The van der Waals surface area contributed by atoms with Crippen molar-refractivity contribution in [1.29, 1.82) is 0 Å². The molecule has 0 radical (unpaired) electrons. The Morgan fingerprint density at radius 3 is 2.62 bits per heavy atom. The van der Waals surface area contributed by atoms with Crippen LogP contribution in [0.15, 0.2) is 49.4 Å². The molecule has 0 atom stereocenters. The van der Waals surface area contributed by atoms with Gasteiger partial charge in [0.15, 0.2) is 5.78 Å². The van der Waals surface area contributed by atoms with Gasteiger partial charge in [-0.1, -0.05) is 30.3 Å². The highest BCUT2D eigenvalue weighted by Crippen LogP contribution is 2.22. The summed E-state index contributed by atoms with van der Waals surface area (Å²) in [6.07, 6.45) is 4.64. The highest BCUT2D eigenvalue weighted by Gasteiger charge is 2.23. The van der Waals surface area contributed by atoms with Crippen LogP contribution in [0.2, 0.25) is 5.02 Å². The first kappa shape index (κ1) is 18.1. The number of Topliss-reactive ketones (excluding diaryl/α,β-unsaturated/α-hetero) is 1. The van der Waals surface area contributed by atoms with Crippen LogP contribution in [0.3, 0.4) is 0 Å². The largest absolute Gasteiger partial charge is 0.353 e. The van der Waals surface area contributed by atoms with Crippen LogP contribution in [0.1, 0.15) is 15.9 Å². The lowest BCUT2D eigenvalue weighted by Crippen LogP contribution is -2.48. The smallest absolute Gasteiger partial charge is 0.246 e. The number of nitrogens with zero attached hydrogens (tertiary/aromatic N) is 4. The van der Waals surface area contributed by atoms with E-state index in [0.29, 0.717) is 36.8 Å². The molecule has 6 nitrogen and oxygen atoms in total. The first-order chi connectivity index (χ1) is 12.6. The molecule has 1 amide bonds. The van der Waals surface area contributed by atoms with Crippen molar-refractivity contribution in [2.24, 2.45) is 0 Å². The second-order valence-corrected chi connectivity index (χ2v) is 6.38. The van der Waals surface area contributed by atoms with Crippen molar-refractivity contribution in [2.75, 3.05) is 31.1 Å². The maximum absolute atomic E-state index is 12.6. The fraction of sp³-hybridized carbons (Fsp3) is 0.263. The van der Waals surface area contributed by atoms with Gasteiger partial charge in [-0.3, -0.25) is 9.59 Å². The Balaban J connectivity index is 1.75. The van der Waals surface area contributed by atoms with Crippen LogP contribution >= 0.6 is 11.6 Å². The number of carbonyl (C=O) groups is 2. The summed E-state index contributed by atoms with van der Waals surface area (Å²) in [5.41, 5.74) is 1.24. The van der Waals surface area contributed by atoms with Gasteiger partial charge in [0.05, 0.1) is 5.02 Å². The summed E-state index contributed by atoms with van der Waals surface area (Å²) in [5.74, 6) is 0.583. The Labute approximate surface area is 157 Å². The number of aromatic nitrogens is 2. The fourth-order valence-electron chi connectivity index (χ4n) is 2.98. The lowest BCUT2D eigenvalue weighted by molar-refractivity contribution is -0.126. The number of benzene rings is 1. The monoisotopic (exact) mass is 370 g/mol. The second-order valence-electron chi connectivity index (χ2n) is 5.97. The highest BCUT2D eigenvalue weighted by atomic mass is 35.5. The molecule has 3 rings (SSSR count). The lowest BCUT2D eigenvalue weighted by Gasteiger charge is -2.35. The molecule has 1 aliphatic heterocycles. The third-order valence-electron chi connectivity index (χ3n) is 4.36. The molecule has 2 heterocycles. The van der Waals surface area contributed by atoms with Gasteiger partial charge in [0.1, 0.15) is 12.1 Å². The van der Waals surface area contributed by atoms with Gasteiger partial charge in [0.2, 0.25) is 5.91 Å². The van der Waals surface area contributed by atoms with Crippen LogP contribution in [0.5, 0.6) is 0 Å². The van der Waals surface area contributed by atoms with Crippen molar-refractivity contribution in [3.05, 3.63) is 65.6 Å². The minimum Gasteiger partial charge on any atom is -0.353 e. The van der Waals surface area contributed by atoms with E-state index in [1.54, 1.807) is 35.4 Å². The van der Waals surface area contributed by atoms with Gasteiger partial charge in [0, 0.05) is 49.9 Å². The number of carbonyl (C=O) groups excluding carboxylic acids is 2. The maximum Gasteiger partial charge on any atom is 0.246 e. The molecule has 1 aliphatic rings. The van der Waals surface area contributed by atoms with Crippen LogP contribution in [0.4, 0.5) is 5.82 Å². The van der Waals surface area contributed by atoms with E-state index >= 15 is 0 Å². The molecule has 2 aromatic rings. The van der Waals surface area contributed by atoms with E-state index in [0.717, 1.165) is 11.4 Å². The SMILES string of the molecule is C=CC(=O)N1CCN(c2ncncc2CC(=O)c2ccccc2Cl)CC1. The first-order valence-corrected chi connectivity index (χ1v) is 8.71. The Morgan fingerprint density at radius 2 is 1.92 bits per heavy atom. The van der Waals surface area contributed by atoms with Crippen LogP contribution in [-0.2, 0) is 11.2 Å². The molecule has 1 saturated heterocycles. The number of ketones is 1. The molecular weight excluding hydrogens is 352 g/mol. The summed E-state index contributed by atoms with van der Waals surface area (Å²) < 4.78 is 0. The zero-order chi connectivity index (χ0) is 18.5. The summed E-state index contributed by atoms with van der Waals surface area (Å²) in [6, 6.07) is 7.00. The standard InChI is InChI=1S/C19H19ClN4O2/c1-2-18(26)23-7-9-24(10-8-23)19-14(12-21-13-22-19)11-17(25)15-5-3-4-6-16(15)20/h2-6,12-13H,1,7-11H2. The van der Waals surface area contributed by atoms with Crippen molar-refractivity contribution in [1.82, 2.24) is 14.9 Å². The average molecular weight is 371 g/mol. The zero-order valence-electron chi connectivity index (χ0n) is 14.3. The summed E-state index contributed by atoms with van der Waals surface area (Å²) in [6.45, 7) is 5.99. The molecular formula is C19H19ClN4O2. The lowest BCUT2D eigenvalue weighted by atomic mass is 10.0. The highest BCUT2D eigenvalue weighted by molar-refractivity contribution is 6.34. The molecule has 0 saturated carbocycles. The number of amides is 1. The predicted molar refractivity (Wildman–Crippen MR) is 101 cm³/mol. The van der Waals surface area contributed by atoms with E-state index in [2.05, 4.69) is 21.4 Å². The molecule has 0 bridgehead atoms. The maximum atomic E-state index is 12.6. The Hall–Kier alpha value is -2.73. The molecule has 26 heavy (non-hydrogen) atoms. The molecule has 0 aliphatic carbocycles. The number of halogens is 1. The average Bonchev–Trinajstić information content (AvgIpc) is 2.68. The molecule has 7 heteroatoms. The molecule has 1 aromatic heterocycles. The third kappa shape index (κ3) is 3.91. The van der Waals surface area contributed by atoms with E-state index in [1.807, 2.05) is 0 Å². The van der Waals surface area contributed by atoms with Crippen molar-refractivity contribution in [3.63, 3.8) is 0 Å². The summed E-state index contributed by atoms with van der Waals surface area (Å²) in [5, 5.41) is 0.437.